The van der Waals surface area contributed by atoms with Gasteiger partial charge in [-0.05, 0) is 62.3 Å². The predicted octanol–water partition coefficient (Wildman–Crippen LogP) is 4.03. The van der Waals surface area contributed by atoms with Gasteiger partial charge in [0.05, 0.1) is 11.4 Å². The number of carbonyl (C=O) groups excluding carboxylic acids is 4. The van der Waals surface area contributed by atoms with Crippen LogP contribution in [-0.4, -0.2) is 83.9 Å². The van der Waals surface area contributed by atoms with Crippen LogP contribution in [0.5, 0.6) is 0 Å². The molecule has 250 valence electrons. The zero-order chi connectivity index (χ0) is 33.0. The highest BCUT2D eigenvalue weighted by atomic mass is 19.1. The molecule has 0 unspecified atom stereocenters. The number of nitrogens with one attached hydrogen (secondary N) is 3. The van der Waals surface area contributed by atoms with Crippen LogP contribution < -0.4 is 16.0 Å². The van der Waals surface area contributed by atoms with E-state index in [0.717, 1.165) is 51.6 Å². The van der Waals surface area contributed by atoms with Crippen molar-refractivity contribution in [3.63, 3.8) is 0 Å². The van der Waals surface area contributed by atoms with Crippen molar-refractivity contribution < 1.29 is 28.1 Å². The van der Waals surface area contributed by atoms with Crippen LogP contribution in [0.3, 0.4) is 0 Å². The normalized spacial score (nSPS) is 22.4. The van der Waals surface area contributed by atoms with E-state index in [-0.39, 0.29) is 35.8 Å². The van der Waals surface area contributed by atoms with Crippen LogP contribution in [0.2, 0.25) is 0 Å². The Labute approximate surface area is 270 Å². The van der Waals surface area contributed by atoms with E-state index >= 15 is 4.39 Å². The molecule has 2 saturated carbocycles. The molecule has 12 heteroatoms. The number of benzene rings is 1. The quantitative estimate of drug-likeness (QED) is 0.338. The van der Waals surface area contributed by atoms with Gasteiger partial charge in [0.25, 0.3) is 5.91 Å². The maximum absolute atomic E-state index is 15.6. The molecule has 2 heterocycles. The molecular formula is C34H47FN6O5. The van der Waals surface area contributed by atoms with Crippen molar-refractivity contribution in [1.82, 2.24) is 25.6 Å². The molecule has 3 aliphatic rings. The van der Waals surface area contributed by atoms with Gasteiger partial charge < -0.3 is 30.3 Å². The van der Waals surface area contributed by atoms with Gasteiger partial charge in [0, 0.05) is 44.4 Å². The molecule has 1 aliphatic heterocycles. The molecule has 1 aromatic carbocycles. The second-order valence-electron chi connectivity index (χ2n) is 13.4. The SMILES string of the molecule is CCC(=O)N[C@@H](C(=O)N1CCN(C)CC1)[C@@H](C)c1ccc(NC(=O)[C@@H](NC(=O)c2conc2C2CC2)[C@H]2CC[C@H](C)CC2)c(F)c1. The first-order chi connectivity index (χ1) is 22.0. The van der Waals surface area contributed by atoms with Crippen molar-refractivity contribution in [2.75, 3.05) is 38.5 Å². The molecule has 2 aromatic rings. The predicted molar refractivity (Wildman–Crippen MR) is 171 cm³/mol. The Morgan fingerprint density at radius 2 is 1.72 bits per heavy atom. The molecule has 46 heavy (non-hydrogen) atoms. The molecule has 4 amide bonds. The lowest BCUT2D eigenvalue weighted by Crippen LogP contribution is -2.55. The number of rotatable bonds is 11. The van der Waals surface area contributed by atoms with Crippen molar-refractivity contribution in [3.05, 3.63) is 47.1 Å². The average molecular weight is 639 g/mol. The molecule has 2 aliphatic carbocycles. The van der Waals surface area contributed by atoms with Crippen molar-refractivity contribution in [2.24, 2.45) is 11.8 Å². The summed E-state index contributed by atoms with van der Waals surface area (Å²) in [7, 11) is 2.00. The fourth-order valence-electron chi connectivity index (χ4n) is 6.52. The summed E-state index contributed by atoms with van der Waals surface area (Å²) in [4.78, 5) is 56.9. The Bertz CT molecular complexity index is 1410. The van der Waals surface area contributed by atoms with Gasteiger partial charge in [-0.1, -0.05) is 44.8 Å². The molecule has 3 fully saturated rings. The average Bonchev–Trinajstić information content (AvgIpc) is 3.78. The van der Waals surface area contributed by atoms with Gasteiger partial charge in [-0.25, -0.2) is 4.39 Å². The molecule has 11 nitrogen and oxygen atoms in total. The lowest BCUT2D eigenvalue weighted by Gasteiger charge is -2.36. The largest absolute Gasteiger partial charge is 0.364 e. The Balaban J connectivity index is 1.31. The van der Waals surface area contributed by atoms with Gasteiger partial charge in [-0.2, -0.15) is 0 Å². The van der Waals surface area contributed by atoms with Gasteiger partial charge in [-0.3, -0.25) is 19.2 Å². The lowest BCUT2D eigenvalue weighted by atomic mass is 9.79. The Kier molecular flexibility index (Phi) is 10.8. The highest BCUT2D eigenvalue weighted by molar-refractivity contribution is 6.02. The summed E-state index contributed by atoms with van der Waals surface area (Å²) in [6.45, 7) is 8.26. The summed E-state index contributed by atoms with van der Waals surface area (Å²) in [6.07, 6.45) is 6.85. The van der Waals surface area contributed by atoms with Gasteiger partial charge in [0.15, 0.2) is 0 Å². The van der Waals surface area contributed by atoms with E-state index in [4.69, 9.17) is 4.52 Å². The molecule has 5 rings (SSSR count). The van der Waals surface area contributed by atoms with Crippen LogP contribution in [0.4, 0.5) is 10.1 Å². The molecule has 1 aromatic heterocycles. The number of halogens is 1. The number of amides is 4. The minimum atomic E-state index is -0.866. The highest BCUT2D eigenvalue weighted by Gasteiger charge is 2.37. The summed E-state index contributed by atoms with van der Waals surface area (Å²) in [6, 6.07) is 2.72. The van der Waals surface area contributed by atoms with E-state index in [1.54, 1.807) is 24.8 Å². The second-order valence-corrected chi connectivity index (χ2v) is 13.4. The van der Waals surface area contributed by atoms with Crippen molar-refractivity contribution in [2.45, 2.75) is 89.6 Å². The summed E-state index contributed by atoms with van der Waals surface area (Å²) in [5, 5.41) is 12.5. The zero-order valence-electron chi connectivity index (χ0n) is 27.3. The van der Waals surface area contributed by atoms with E-state index < -0.39 is 35.6 Å². The summed E-state index contributed by atoms with van der Waals surface area (Å²) < 4.78 is 20.7. The third kappa shape index (κ3) is 7.94. The number of aromatic nitrogens is 1. The van der Waals surface area contributed by atoms with Crippen LogP contribution >= 0.6 is 0 Å². The van der Waals surface area contributed by atoms with Crippen molar-refractivity contribution in [3.8, 4) is 0 Å². The van der Waals surface area contributed by atoms with Crippen LogP contribution in [0.25, 0.3) is 0 Å². The topological polar surface area (TPSA) is 137 Å². The molecule has 3 atom stereocenters. The van der Waals surface area contributed by atoms with Crippen molar-refractivity contribution in [1.29, 1.82) is 0 Å². The van der Waals surface area contributed by atoms with Crippen LogP contribution in [0.15, 0.2) is 29.0 Å². The number of hydrogen-bond donors (Lipinski definition) is 3. The highest BCUT2D eigenvalue weighted by Crippen LogP contribution is 2.41. The Morgan fingerprint density at radius 1 is 1.02 bits per heavy atom. The maximum Gasteiger partial charge on any atom is 0.257 e. The number of likely N-dealkylation sites (N-methyl/N-ethyl adjacent to an activating group) is 1. The molecule has 0 spiro atoms. The van der Waals surface area contributed by atoms with Gasteiger partial charge in [-0.15, -0.1) is 0 Å². The Hall–Kier alpha value is -3.80. The molecular weight excluding hydrogens is 591 g/mol. The second kappa shape index (κ2) is 14.7. The van der Waals surface area contributed by atoms with Crippen LogP contribution in [0.1, 0.15) is 99.2 Å². The molecule has 0 radical (unpaired) electrons. The van der Waals surface area contributed by atoms with Gasteiger partial charge >= 0.3 is 0 Å². The molecule has 3 N–H and O–H groups in total. The first-order valence-corrected chi connectivity index (χ1v) is 16.7. The molecule has 0 bridgehead atoms. The van der Waals surface area contributed by atoms with E-state index in [9.17, 15) is 19.2 Å². The standard InChI is InChI=1S/C34H47FN6O5/c1-5-28(42)37-29(34(45)41-16-14-40(4)15-17-41)21(3)24-12-13-27(26(35)18-24)36-33(44)31(23-8-6-20(2)7-9-23)38-32(43)25-19-46-39-30(25)22-10-11-22/h12-13,18-23,29,31H,5-11,14-17H2,1-4H3,(H,36,44)(H,37,42)(H,38,43)/t20-,21-,23-,29+,31-/m0/s1. The third-order valence-corrected chi connectivity index (χ3v) is 9.90. The number of anilines is 1. The molecule has 1 saturated heterocycles. The van der Waals surface area contributed by atoms with Gasteiger partial charge in [0.2, 0.25) is 17.7 Å². The van der Waals surface area contributed by atoms with Crippen LogP contribution in [-0.2, 0) is 14.4 Å². The van der Waals surface area contributed by atoms with Crippen molar-refractivity contribution >= 4 is 29.3 Å². The first kappa shape index (κ1) is 33.6. The van der Waals surface area contributed by atoms with Gasteiger partial charge in [0.1, 0.15) is 29.7 Å². The van der Waals surface area contributed by atoms with E-state index in [1.807, 2.05) is 7.05 Å². The summed E-state index contributed by atoms with van der Waals surface area (Å²) in [5.41, 5.74) is 1.45. The fraction of sp³-hybridized carbons (Fsp3) is 0.618. The van der Waals surface area contributed by atoms with E-state index in [1.165, 1.54) is 18.4 Å². The van der Waals surface area contributed by atoms with E-state index in [2.05, 4.69) is 32.9 Å². The lowest BCUT2D eigenvalue weighted by molar-refractivity contribution is -0.138. The summed E-state index contributed by atoms with van der Waals surface area (Å²) >= 11 is 0. The zero-order valence-corrected chi connectivity index (χ0v) is 27.3. The minimum absolute atomic E-state index is 0.0208. The third-order valence-electron chi connectivity index (χ3n) is 9.90. The Morgan fingerprint density at radius 3 is 2.35 bits per heavy atom. The monoisotopic (exact) mass is 638 g/mol. The number of hydrogen-bond acceptors (Lipinski definition) is 7. The summed E-state index contributed by atoms with van der Waals surface area (Å²) in [5.74, 6) is -1.92. The smallest absolute Gasteiger partial charge is 0.257 e. The fourth-order valence-corrected chi connectivity index (χ4v) is 6.52. The maximum atomic E-state index is 15.6. The van der Waals surface area contributed by atoms with Crippen LogP contribution in [0, 0.1) is 17.7 Å². The minimum Gasteiger partial charge on any atom is -0.364 e. The number of carbonyl (C=O) groups is 4. The first-order valence-electron chi connectivity index (χ1n) is 16.7. The number of piperazine rings is 1. The number of nitrogens with zero attached hydrogens (tertiary/aromatic N) is 3. The van der Waals surface area contributed by atoms with E-state index in [0.29, 0.717) is 35.8 Å².